The number of amides is 1. The summed E-state index contributed by atoms with van der Waals surface area (Å²) >= 11 is 0. The van der Waals surface area contributed by atoms with Crippen LogP contribution in [0.4, 0.5) is 5.82 Å². The van der Waals surface area contributed by atoms with Crippen molar-refractivity contribution in [1.29, 1.82) is 0 Å². The third-order valence-electron chi connectivity index (χ3n) is 6.72. The molecule has 2 aromatic heterocycles. The van der Waals surface area contributed by atoms with Crippen molar-refractivity contribution in [3.8, 4) is 5.75 Å². The van der Waals surface area contributed by atoms with Gasteiger partial charge in [-0.2, -0.15) is 0 Å². The van der Waals surface area contributed by atoms with Gasteiger partial charge in [0.05, 0.1) is 18.1 Å². The minimum atomic E-state index is -0.221. The first-order chi connectivity index (χ1) is 17.1. The number of nitrogens with one attached hydrogen (secondary N) is 1. The second kappa shape index (κ2) is 10.2. The number of hydrogen-bond acceptors (Lipinski definition) is 5. The highest BCUT2D eigenvalue weighted by atomic mass is 16.5. The summed E-state index contributed by atoms with van der Waals surface area (Å²) in [5.41, 5.74) is 12.3. The van der Waals surface area contributed by atoms with E-state index in [1.807, 2.05) is 53.1 Å². The lowest BCUT2D eigenvalue weighted by atomic mass is 9.97. The lowest BCUT2D eigenvalue weighted by molar-refractivity contribution is 0.0956. The molecular weight excluding hydrogens is 438 g/mol. The van der Waals surface area contributed by atoms with Gasteiger partial charge in [-0.1, -0.05) is 35.9 Å². The zero-order chi connectivity index (χ0) is 24.2. The van der Waals surface area contributed by atoms with Crippen molar-refractivity contribution in [2.75, 3.05) is 19.4 Å². The van der Waals surface area contributed by atoms with Gasteiger partial charge in [0.1, 0.15) is 22.6 Å². The van der Waals surface area contributed by atoms with Crippen LogP contribution in [0, 0.1) is 0 Å². The molecule has 180 valence electrons. The van der Waals surface area contributed by atoms with Gasteiger partial charge in [-0.3, -0.25) is 4.79 Å². The quantitative estimate of drug-likeness (QED) is 0.353. The molecule has 1 aliphatic carbocycles. The smallest absolute Gasteiger partial charge is 0.257 e. The van der Waals surface area contributed by atoms with E-state index in [1.54, 1.807) is 7.11 Å². The van der Waals surface area contributed by atoms with Crippen LogP contribution in [-0.2, 0) is 13.0 Å². The third kappa shape index (κ3) is 4.85. The van der Waals surface area contributed by atoms with E-state index in [-0.39, 0.29) is 5.91 Å². The molecule has 1 aliphatic rings. The van der Waals surface area contributed by atoms with Gasteiger partial charge in [0.15, 0.2) is 5.65 Å². The van der Waals surface area contributed by atoms with Crippen molar-refractivity contribution in [2.24, 2.45) is 0 Å². The summed E-state index contributed by atoms with van der Waals surface area (Å²) in [6.45, 7) is 1.17. The number of aryl methyl sites for hydroxylation is 1. The van der Waals surface area contributed by atoms with Gasteiger partial charge in [-0.25, -0.2) is 9.97 Å². The van der Waals surface area contributed by atoms with Gasteiger partial charge in [0.2, 0.25) is 0 Å². The summed E-state index contributed by atoms with van der Waals surface area (Å²) in [6, 6.07) is 15.6. The monoisotopic (exact) mass is 469 g/mol. The Kier molecular flexibility index (Phi) is 6.66. The number of allylic oxidation sites excluding steroid dienone is 2. The third-order valence-corrected chi connectivity index (χ3v) is 6.72. The molecule has 7 nitrogen and oxygen atoms in total. The van der Waals surface area contributed by atoms with Crippen LogP contribution in [0.25, 0.3) is 22.2 Å². The van der Waals surface area contributed by atoms with Crippen LogP contribution in [0.3, 0.4) is 0 Å². The fourth-order valence-corrected chi connectivity index (χ4v) is 4.76. The SMILES string of the molecule is COc1ccc(CCNC(=O)c2c(N)n(CCC3=CCCCC3)c3nc4ccccc4nc23)cc1. The number of fused-ring (bicyclic) bond motifs is 2. The molecule has 4 aromatic rings. The highest BCUT2D eigenvalue weighted by Crippen LogP contribution is 2.29. The molecule has 5 rings (SSSR count). The molecule has 0 saturated carbocycles. The Morgan fingerprint density at radius 1 is 1.06 bits per heavy atom. The van der Waals surface area contributed by atoms with Gasteiger partial charge in [0, 0.05) is 13.1 Å². The average Bonchev–Trinajstić information content (AvgIpc) is 3.17. The van der Waals surface area contributed by atoms with Crippen LogP contribution in [0.15, 0.2) is 60.2 Å². The zero-order valence-electron chi connectivity index (χ0n) is 20.1. The highest BCUT2D eigenvalue weighted by Gasteiger charge is 2.24. The number of ether oxygens (including phenoxy) is 1. The number of benzene rings is 2. The maximum absolute atomic E-state index is 13.3. The molecule has 0 saturated heterocycles. The number of carbonyl (C=O) groups excluding carboxylic acids is 1. The molecule has 0 radical (unpaired) electrons. The summed E-state index contributed by atoms with van der Waals surface area (Å²) in [5.74, 6) is 1.02. The molecule has 0 spiro atoms. The van der Waals surface area contributed by atoms with Gasteiger partial charge < -0.3 is 20.4 Å². The summed E-state index contributed by atoms with van der Waals surface area (Å²) in [6.07, 6.45) is 8.73. The topological polar surface area (TPSA) is 95.1 Å². The van der Waals surface area contributed by atoms with E-state index in [0.29, 0.717) is 42.1 Å². The molecule has 0 bridgehead atoms. The standard InChI is InChI=1S/C28H31N5O2/c1-35-21-13-11-20(12-14-21)15-17-30-28(34)24-25-27(32-23-10-6-5-9-22(23)31-25)33(26(24)29)18-16-19-7-3-2-4-8-19/h5-7,9-14H,2-4,8,15-18,29H2,1H3,(H,30,34). The van der Waals surface area contributed by atoms with E-state index >= 15 is 0 Å². The fraction of sp³-hybridized carbons (Fsp3) is 0.321. The van der Waals surface area contributed by atoms with E-state index in [9.17, 15) is 4.79 Å². The molecule has 0 fully saturated rings. The predicted molar refractivity (Wildman–Crippen MR) is 140 cm³/mol. The van der Waals surface area contributed by atoms with Crippen LogP contribution in [0.5, 0.6) is 5.75 Å². The number of hydrogen-bond donors (Lipinski definition) is 2. The van der Waals surface area contributed by atoms with Gasteiger partial charge >= 0.3 is 0 Å². The Morgan fingerprint density at radius 3 is 2.54 bits per heavy atom. The van der Waals surface area contributed by atoms with Crippen LogP contribution < -0.4 is 15.8 Å². The Hall–Kier alpha value is -3.87. The molecule has 35 heavy (non-hydrogen) atoms. The predicted octanol–water partition coefficient (Wildman–Crippen LogP) is 5.04. The number of carbonyl (C=O) groups is 1. The molecule has 7 heteroatoms. The summed E-state index contributed by atoms with van der Waals surface area (Å²) in [4.78, 5) is 23.0. The van der Waals surface area contributed by atoms with Crippen molar-refractivity contribution in [3.63, 3.8) is 0 Å². The van der Waals surface area contributed by atoms with Crippen molar-refractivity contribution in [3.05, 3.63) is 71.3 Å². The molecule has 0 unspecified atom stereocenters. The number of nitrogens with two attached hydrogens (primary N) is 1. The van der Waals surface area contributed by atoms with Crippen LogP contribution in [-0.4, -0.2) is 34.1 Å². The first-order valence-electron chi connectivity index (χ1n) is 12.3. The Balaban J connectivity index is 1.42. The molecular formula is C28H31N5O2. The number of methoxy groups -OCH3 is 1. The Bertz CT molecular complexity index is 1390. The number of para-hydroxylation sites is 2. The maximum atomic E-state index is 13.3. The van der Waals surface area contributed by atoms with E-state index in [4.69, 9.17) is 20.4 Å². The second-order valence-corrected chi connectivity index (χ2v) is 9.01. The summed E-state index contributed by atoms with van der Waals surface area (Å²) in [7, 11) is 1.65. The normalized spacial score (nSPS) is 13.7. The first kappa shape index (κ1) is 22.9. The maximum Gasteiger partial charge on any atom is 0.257 e. The highest BCUT2D eigenvalue weighted by molar-refractivity contribution is 6.10. The Morgan fingerprint density at radius 2 is 1.83 bits per heavy atom. The average molecular weight is 470 g/mol. The number of rotatable bonds is 8. The zero-order valence-corrected chi connectivity index (χ0v) is 20.1. The minimum Gasteiger partial charge on any atom is -0.497 e. The molecule has 3 N–H and O–H groups in total. The number of aromatic nitrogens is 3. The van der Waals surface area contributed by atoms with Crippen molar-refractivity contribution >= 4 is 33.9 Å². The van der Waals surface area contributed by atoms with Crippen LogP contribution >= 0.6 is 0 Å². The van der Waals surface area contributed by atoms with Gasteiger partial charge in [-0.05, 0) is 68.4 Å². The minimum absolute atomic E-state index is 0.221. The summed E-state index contributed by atoms with van der Waals surface area (Å²) in [5, 5.41) is 3.03. The largest absolute Gasteiger partial charge is 0.497 e. The van der Waals surface area contributed by atoms with E-state index < -0.39 is 0 Å². The van der Waals surface area contributed by atoms with Crippen molar-refractivity contribution < 1.29 is 9.53 Å². The lowest BCUT2D eigenvalue weighted by Gasteiger charge is -2.14. The molecule has 1 amide bonds. The number of anilines is 1. The first-order valence-corrected chi connectivity index (χ1v) is 12.3. The lowest BCUT2D eigenvalue weighted by Crippen LogP contribution is -2.26. The van der Waals surface area contributed by atoms with E-state index in [1.165, 1.54) is 18.4 Å². The molecule has 0 aliphatic heterocycles. The molecule has 2 heterocycles. The second-order valence-electron chi connectivity index (χ2n) is 9.01. The molecule has 0 atom stereocenters. The number of nitrogens with zero attached hydrogens (tertiary/aromatic N) is 3. The summed E-state index contributed by atoms with van der Waals surface area (Å²) < 4.78 is 7.17. The molecule has 2 aromatic carbocycles. The van der Waals surface area contributed by atoms with Crippen molar-refractivity contribution in [2.45, 2.75) is 45.1 Å². The van der Waals surface area contributed by atoms with Crippen LogP contribution in [0.1, 0.15) is 48.0 Å². The van der Waals surface area contributed by atoms with E-state index in [0.717, 1.165) is 41.6 Å². The van der Waals surface area contributed by atoms with Gasteiger partial charge in [-0.15, -0.1) is 0 Å². The Labute approximate surface area is 205 Å². The van der Waals surface area contributed by atoms with E-state index in [2.05, 4.69) is 11.4 Å². The van der Waals surface area contributed by atoms with Crippen molar-refractivity contribution in [1.82, 2.24) is 19.9 Å². The number of nitrogen functional groups attached to an aromatic ring is 1. The van der Waals surface area contributed by atoms with Crippen LogP contribution in [0.2, 0.25) is 0 Å². The van der Waals surface area contributed by atoms with Gasteiger partial charge in [0.25, 0.3) is 5.91 Å². The fourth-order valence-electron chi connectivity index (χ4n) is 4.76.